The predicted molar refractivity (Wildman–Crippen MR) is 60.0 cm³/mol. The number of nitrogens with one attached hydrogen (secondary N) is 1. The van der Waals surface area contributed by atoms with E-state index in [-0.39, 0.29) is 6.42 Å². The molecule has 0 radical (unpaired) electrons. The molecule has 1 heterocycles. The van der Waals surface area contributed by atoms with Gasteiger partial charge >= 0.3 is 5.97 Å². The van der Waals surface area contributed by atoms with Crippen LogP contribution in [0.4, 0.5) is 0 Å². The molecule has 15 heavy (non-hydrogen) atoms. The van der Waals surface area contributed by atoms with Crippen LogP contribution in [0.1, 0.15) is 32.1 Å². The average Bonchev–Trinajstić information content (AvgIpc) is 2.20. The lowest BCUT2D eigenvalue weighted by atomic mass is 10.0. The van der Waals surface area contributed by atoms with Crippen LogP contribution in [0.3, 0.4) is 0 Å². The number of aliphatic carboxylic acids is 1. The van der Waals surface area contributed by atoms with Crippen molar-refractivity contribution < 1.29 is 9.90 Å². The third-order valence-electron chi connectivity index (χ3n) is 3.09. The SMILES string of the molecule is CN1CCCCC1CCNCCC(=O)O. The van der Waals surface area contributed by atoms with Gasteiger partial charge < -0.3 is 15.3 Å². The molecule has 88 valence electrons. The number of likely N-dealkylation sites (tertiary alicyclic amines) is 1. The maximum absolute atomic E-state index is 10.3. The van der Waals surface area contributed by atoms with Gasteiger partial charge in [-0.05, 0) is 39.4 Å². The van der Waals surface area contributed by atoms with Gasteiger partial charge in [0.15, 0.2) is 0 Å². The fraction of sp³-hybridized carbons (Fsp3) is 0.909. The highest BCUT2D eigenvalue weighted by Crippen LogP contribution is 2.16. The Balaban J connectivity index is 2.01. The van der Waals surface area contributed by atoms with Gasteiger partial charge in [0.2, 0.25) is 0 Å². The molecule has 1 fully saturated rings. The Bertz CT molecular complexity index is 197. The van der Waals surface area contributed by atoms with Crippen molar-refractivity contribution >= 4 is 5.97 Å². The van der Waals surface area contributed by atoms with Gasteiger partial charge in [-0.3, -0.25) is 4.79 Å². The molecular weight excluding hydrogens is 192 g/mol. The van der Waals surface area contributed by atoms with Crippen LogP contribution in [-0.4, -0.2) is 48.7 Å². The number of rotatable bonds is 6. The number of hydrogen-bond donors (Lipinski definition) is 2. The van der Waals surface area contributed by atoms with E-state index in [9.17, 15) is 4.79 Å². The maximum Gasteiger partial charge on any atom is 0.304 e. The number of carboxylic acids is 1. The number of piperidine rings is 1. The summed E-state index contributed by atoms with van der Waals surface area (Å²) in [7, 11) is 2.18. The average molecular weight is 214 g/mol. The normalized spacial score (nSPS) is 22.9. The summed E-state index contributed by atoms with van der Waals surface area (Å²) in [6, 6.07) is 0.691. The van der Waals surface area contributed by atoms with E-state index >= 15 is 0 Å². The third kappa shape index (κ3) is 5.14. The second-order valence-electron chi connectivity index (χ2n) is 4.31. The van der Waals surface area contributed by atoms with Crippen molar-refractivity contribution in [1.29, 1.82) is 0 Å². The van der Waals surface area contributed by atoms with Crippen LogP contribution < -0.4 is 5.32 Å². The number of carboxylic acid groups (broad SMARTS) is 1. The first-order valence-corrected chi connectivity index (χ1v) is 5.83. The minimum atomic E-state index is -0.725. The summed E-state index contributed by atoms with van der Waals surface area (Å²) in [4.78, 5) is 12.7. The van der Waals surface area contributed by atoms with E-state index in [4.69, 9.17) is 5.11 Å². The van der Waals surface area contributed by atoms with Gasteiger partial charge in [-0.25, -0.2) is 0 Å². The zero-order chi connectivity index (χ0) is 11.1. The predicted octanol–water partition coefficient (Wildman–Crippen LogP) is 0.925. The second kappa shape index (κ2) is 6.80. The highest BCUT2D eigenvalue weighted by molar-refractivity contribution is 5.66. The summed E-state index contributed by atoms with van der Waals surface area (Å²) in [5.74, 6) is -0.725. The Morgan fingerprint density at radius 1 is 1.47 bits per heavy atom. The molecule has 0 saturated carbocycles. The van der Waals surface area contributed by atoms with Crippen LogP contribution in [0, 0.1) is 0 Å². The second-order valence-corrected chi connectivity index (χ2v) is 4.31. The molecule has 2 N–H and O–H groups in total. The van der Waals surface area contributed by atoms with Crippen molar-refractivity contribution in [2.24, 2.45) is 0 Å². The molecule has 1 unspecified atom stereocenters. The van der Waals surface area contributed by atoms with Gasteiger partial charge in [-0.2, -0.15) is 0 Å². The van der Waals surface area contributed by atoms with Gasteiger partial charge in [0.05, 0.1) is 6.42 Å². The third-order valence-corrected chi connectivity index (χ3v) is 3.09. The first-order chi connectivity index (χ1) is 7.20. The molecule has 0 aromatic heterocycles. The zero-order valence-electron chi connectivity index (χ0n) is 9.54. The minimum Gasteiger partial charge on any atom is -0.481 e. The van der Waals surface area contributed by atoms with E-state index in [1.165, 1.54) is 25.8 Å². The molecule has 0 spiro atoms. The molecule has 0 aliphatic carbocycles. The van der Waals surface area contributed by atoms with E-state index in [0.717, 1.165) is 13.0 Å². The van der Waals surface area contributed by atoms with E-state index < -0.39 is 5.97 Å². The van der Waals surface area contributed by atoms with Crippen molar-refractivity contribution in [3.63, 3.8) is 0 Å². The van der Waals surface area contributed by atoms with Crippen LogP contribution in [0.15, 0.2) is 0 Å². The molecule has 1 saturated heterocycles. The lowest BCUT2D eigenvalue weighted by Crippen LogP contribution is -2.38. The molecule has 1 atom stereocenters. The topological polar surface area (TPSA) is 52.6 Å². The monoisotopic (exact) mass is 214 g/mol. The lowest BCUT2D eigenvalue weighted by molar-refractivity contribution is -0.136. The maximum atomic E-state index is 10.3. The van der Waals surface area contributed by atoms with Crippen LogP contribution >= 0.6 is 0 Å². The van der Waals surface area contributed by atoms with Gasteiger partial charge in [0.1, 0.15) is 0 Å². The molecule has 0 bridgehead atoms. The van der Waals surface area contributed by atoms with Gasteiger partial charge in [-0.15, -0.1) is 0 Å². The summed E-state index contributed by atoms with van der Waals surface area (Å²) in [6.07, 6.45) is 5.30. The lowest BCUT2D eigenvalue weighted by Gasteiger charge is -2.32. The Labute approximate surface area is 91.6 Å². The number of carbonyl (C=O) groups is 1. The van der Waals surface area contributed by atoms with Crippen molar-refractivity contribution in [3.8, 4) is 0 Å². The van der Waals surface area contributed by atoms with Crippen molar-refractivity contribution in [1.82, 2.24) is 10.2 Å². The summed E-state index contributed by atoms with van der Waals surface area (Å²) in [5, 5.41) is 11.6. The van der Waals surface area contributed by atoms with Crippen LogP contribution in [-0.2, 0) is 4.79 Å². The number of nitrogens with zero attached hydrogens (tertiary/aromatic N) is 1. The molecule has 1 aliphatic heterocycles. The van der Waals surface area contributed by atoms with Crippen molar-refractivity contribution in [2.75, 3.05) is 26.7 Å². The van der Waals surface area contributed by atoms with Gasteiger partial charge in [0, 0.05) is 12.6 Å². The largest absolute Gasteiger partial charge is 0.481 e. The Hall–Kier alpha value is -0.610. The molecular formula is C11H22N2O2. The van der Waals surface area contributed by atoms with Gasteiger partial charge in [0.25, 0.3) is 0 Å². The quantitative estimate of drug-likeness (QED) is 0.646. The van der Waals surface area contributed by atoms with Crippen molar-refractivity contribution in [2.45, 2.75) is 38.1 Å². The first kappa shape index (κ1) is 12.5. The molecule has 1 aliphatic rings. The summed E-state index contributed by atoms with van der Waals surface area (Å²) >= 11 is 0. The number of hydrogen-bond acceptors (Lipinski definition) is 3. The van der Waals surface area contributed by atoms with E-state index in [1.54, 1.807) is 0 Å². The highest BCUT2D eigenvalue weighted by atomic mass is 16.4. The smallest absolute Gasteiger partial charge is 0.304 e. The standard InChI is InChI=1S/C11H22N2O2/c1-13-9-3-2-4-10(13)5-7-12-8-6-11(14)15/h10,12H,2-9H2,1H3,(H,14,15). The molecule has 1 rings (SSSR count). The van der Waals surface area contributed by atoms with E-state index in [2.05, 4.69) is 17.3 Å². The first-order valence-electron chi connectivity index (χ1n) is 5.83. The van der Waals surface area contributed by atoms with E-state index in [0.29, 0.717) is 12.6 Å². The van der Waals surface area contributed by atoms with Gasteiger partial charge in [-0.1, -0.05) is 6.42 Å². The fourth-order valence-electron chi connectivity index (χ4n) is 2.10. The molecule has 0 aromatic rings. The van der Waals surface area contributed by atoms with Crippen LogP contribution in [0.2, 0.25) is 0 Å². The van der Waals surface area contributed by atoms with E-state index in [1.807, 2.05) is 0 Å². The summed E-state index contributed by atoms with van der Waals surface area (Å²) < 4.78 is 0. The summed E-state index contributed by atoms with van der Waals surface area (Å²) in [5.41, 5.74) is 0. The Morgan fingerprint density at radius 3 is 2.93 bits per heavy atom. The molecule has 4 nitrogen and oxygen atoms in total. The minimum absolute atomic E-state index is 0.223. The summed E-state index contributed by atoms with van der Waals surface area (Å²) in [6.45, 7) is 2.73. The van der Waals surface area contributed by atoms with Crippen LogP contribution in [0.5, 0.6) is 0 Å². The zero-order valence-corrected chi connectivity index (χ0v) is 9.54. The fourth-order valence-corrected chi connectivity index (χ4v) is 2.10. The Morgan fingerprint density at radius 2 is 2.27 bits per heavy atom. The highest BCUT2D eigenvalue weighted by Gasteiger charge is 2.17. The molecule has 0 aromatic carbocycles. The molecule has 0 amide bonds. The van der Waals surface area contributed by atoms with Crippen molar-refractivity contribution in [3.05, 3.63) is 0 Å². The molecule has 4 heteroatoms. The Kier molecular flexibility index (Phi) is 5.65. The van der Waals surface area contributed by atoms with Crippen LogP contribution in [0.25, 0.3) is 0 Å².